The fraction of sp³-hybridized carbons (Fsp3) is 0.800. The molecular formula is C5H10InNS2. The summed E-state index contributed by atoms with van der Waals surface area (Å²) in [6, 6.07) is 0. The second-order valence-electron chi connectivity index (χ2n) is 1.44. The fourth-order valence-corrected chi connectivity index (χ4v) is 0.998. The Bertz CT molecular complexity index is 83.0. The zero-order valence-corrected chi connectivity index (χ0v) is 10.7. The van der Waals surface area contributed by atoms with Crippen molar-refractivity contribution in [3.05, 3.63) is 0 Å². The SMILES string of the molecule is CCN(CC)C(=S)[S-].[In+]. The predicted octanol–water partition coefficient (Wildman–Crippen LogP) is 0.779. The minimum atomic E-state index is 0. The molecule has 0 atom stereocenters. The van der Waals surface area contributed by atoms with Crippen LogP contribution >= 0.6 is 12.2 Å². The van der Waals surface area contributed by atoms with E-state index in [4.69, 9.17) is 24.8 Å². The van der Waals surface area contributed by atoms with E-state index in [2.05, 4.69) is 0 Å². The van der Waals surface area contributed by atoms with Gasteiger partial charge >= 0.3 is 25.8 Å². The Labute approximate surface area is 86.4 Å². The molecule has 50 valence electrons. The minimum absolute atomic E-state index is 0. The number of rotatable bonds is 2. The molecule has 0 N–H and O–H groups in total. The van der Waals surface area contributed by atoms with E-state index in [0.717, 1.165) is 13.1 Å². The largest absolute Gasteiger partial charge is 1.00 e. The summed E-state index contributed by atoms with van der Waals surface area (Å²) in [6.07, 6.45) is 0. The number of nitrogens with zero attached hydrogens (tertiary/aromatic N) is 1. The third kappa shape index (κ3) is 5.43. The molecule has 2 radical (unpaired) electrons. The predicted molar refractivity (Wildman–Crippen MR) is 48.6 cm³/mol. The quantitative estimate of drug-likeness (QED) is 0.535. The monoisotopic (exact) mass is 263 g/mol. The summed E-state index contributed by atoms with van der Waals surface area (Å²) in [4.78, 5) is 1.96. The van der Waals surface area contributed by atoms with Crippen LogP contribution in [-0.2, 0) is 12.6 Å². The van der Waals surface area contributed by atoms with E-state index in [-0.39, 0.29) is 25.8 Å². The molecule has 0 aliphatic carbocycles. The Balaban J connectivity index is 0. The van der Waals surface area contributed by atoms with Crippen molar-refractivity contribution in [3.8, 4) is 0 Å². The summed E-state index contributed by atoms with van der Waals surface area (Å²) in [6.45, 7) is 5.95. The molecule has 0 amide bonds. The zero-order chi connectivity index (χ0) is 6.57. The van der Waals surface area contributed by atoms with Gasteiger partial charge in [-0.05, 0) is 13.8 Å². The van der Waals surface area contributed by atoms with E-state index >= 15 is 0 Å². The summed E-state index contributed by atoms with van der Waals surface area (Å²) >= 11 is 9.51. The third-order valence-electron chi connectivity index (χ3n) is 1.02. The molecule has 0 saturated heterocycles. The first-order chi connectivity index (χ1) is 3.72. The zero-order valence-electron chi connectivity index (χ0n) is 5.76. The number of thiocarbonyl (C=S) groups is 1. The van der Waals surface area contributed by atoms with Crippen LogP contribution in [0.25, 0.3) is 0 Å². The van der Waals surface area contributed by atoms with Gasteiger partial charge in [0.15, 0.2) is 0 Å². The van der Waals surface area contributed by atoms with Crippen molar-refractivity contribution >= 4 is 55.0 Å². The molecule has 1 nitrogen and oxygen atoms in total. The van der Waals surface area contributed by atoms with Crippen LogP contribution < -0.4 is 0 Å². The molecule has 0 aliphatic rings. The molecule has 0 aromatic carbocycles. The van der Waals surface area contributed by atoms with Crippen molar-refractivity contribution in [1.29, 1.82) is 0 Å². The molecule has 0 fully saturated rings. The minimum Gasteiger partial charge on any atom is -0.411 e. The average Bonchev–Trinajstić information content (AvgIpc) is 1.69. The molecule has 0 saturated carbocycles. The van der Waals surface area contributed by atoms with Crippen molar-refractivity contribution in [3.63, 3.8) is 0 Å². The van der Waals surface area contributed by atoms with Crippen molar-refractivity contribution in [2.24, 2.45) is 0 Å². The maximum absolute atomic E-state index is 4.76. The smallest absolute Gasteiger partial charge is 0.411 e. The Morgan fingerprint density at radius 3 is 1.78 bits per heavy atom. The molecule has 0 bridgehead atoms. The molecule has 0 aromatic heterocycles. The Morgan fingerprint density at radius 2 is 1.78 bits per heavy atom. The Hall–Kier alpha value is 0.980. The maximum Gasteiger partial charge on any atom is 1.00 e. The van der Waals surface area contributed by atoms with Crippen LogP contribution in [0.1, 0.15) is 13.8 Å². The summed E-state index contributed by atoms with van der Waals surface area (Å²) in [5.74, 6) is 0. The van der Waals surface area contributed by atoms with Gasteiger partial charge in [0.2, 0.25) is 0 Å². The van der Waals surface area contributed by atoms with Gasteiger partial charge in [0, 0.05) is 13.1 Å². The van der Waals surface area contributed by atoms with E-state index in [9.17, 15) is 0 Å². The van der Waals surface area contributed by atoms with E-state index in [1.807, 2.05) is 18.7 Å². The first-order valence-electron chi connectivity index (χ1n) is 2.68. The van der Waals surface area contributed by atoms with Gasteiger partial charge in [-0.2, -0.15) is 0 Å². The third-order valence-corrected chi connectivity index (χ3v) is 1.54. The molecule has 0 rings (SSSR count). The molecule has 0 spiro atoms. The van der Waals surface area contributed by atoms with Gasteiger partial charge in [-0.25, -0.2) is 0 Å². The average molecular weight is 263 g/mol. The van der Waals surface area contributed by atoms with Crippen molar-refractivity contribution in [2.75, 3.05) is 13.1 Å². The topological polar surface area (TPSA) is 3.24 Å². The molecular weight excluding hydrogens is 253 g/mol. The van der Waals surface area contributed by atoms with Crippen LogP contribution in [0.15, 0.2) is 0 Å². The van der Waals surface area contributed by atoms with Gasteiger partial charge < -0.3 is 29.7 Å². The van der Waals surface area contributed by atoms with E-state index < -0.39 is 0 Å². The summed E-state index contributed by atoms with van der Waals surface area (Å²) in [5.41, 5.74) is 0. The fourth-order valence-electron chi connectivity index (χ4n) is 0.482. The molecule has 4 heteroatoms. The van der Waals surface area contributed by atoms with Gasteiger partial charge in [-0.1, -0.05) is 4.32 Å². The van der Waals surface area contributed by atoms with E-state index in [1.165, 1.54) is 0 Å². The standard InChI is InChI=1S/C5H11NS2.In/c1-3-6(4-2)5(7)8;/h3-4H2,1-2H3,(H,7,8);/q;+1/p-1. The Morgan fingerprint density at radius 1 is 1.44 bits per heavy atom. The van der Waals surface area contributed by atoms with Crippen LogP contribution in [0.3, 0.4) is 0 Å². The van der Waals surface area contributed by atoms with Crippen molar-refractivity contribution < 1.29 is 0 Å². The Kier molecular flexibility index (Phi) is 9.96. The number of hydrogen-bond acceptors (Lipinski definition) is 2. The summed E-state index contributed by atoms with van der Waals surface area (Å²) < 4.78 is 0.579. The first kappa shape index (κ1) is 12.6. The van der Waals surface area contributed by atoms with Gasteiger partial charge in [0.05, 0.1) is 0 Å². The van der Waals surface area contributed by atoms with Crippen LogP contribution in [-0.4, -0.2) is 48.2 Å². The van der Waals surface area contributed by atoms with Crippen molar-refractivity contribution in [1.82, 2.24) is 4.90 Å². The molecule has 0 unspecified atom stereocenters. The van der Waals surface area contributed by atoms with Crippen LogP contribution in [0, 0.1) is 0 Å². The van der Waals surface area contributed by atoms with E-state index in [1.54, 1.807) is 0 Å². The molecule has 0 aliphatic heterocycles. The summed E-state index contributed by atoms with van der Waals surface area (Å²) in [5, 5.41) is 0. The van der Waals surface area contributed by atoms with Crippen LogP contribution in [0.4, 0.5) is 0 Å². The van der Waals surface area contributed by atoms with E-state index in [0.29, 0.717) is 4.32 Å². The molecule has 0 aromatic rings. The first-order valence-corrected chi connectivity index (χ1v) is 3.50. The second-order valence-corrected chi connectivity index (χ2v) is 2.47. The van der Waals surface area contributed by atoms with Crippen LogP contribution in [0.2, 0.25) is 0 Å². The van der Waals surface area contributed by atoms with Gasteiger partial charge in [-0.3, -0.25) is 0 Å². The molecule has 0 heterocycles. The normalized spacial score (nSPS) is 7.78. The van der Waals surface area contributed by atoms with Crippen molar-refractivity contribution in [2.45, 2.75) is 13.8 Å². The number of hydrogen-bond donors (Lipinski definition) is 0. The van der Waals surface area contributed by atoms with Crippen LogP contribution in [0.5, 0.6) is 0 Å². The van der Waals surface area contributed by atoms with Gasteiger partial charge in [0.1, 0.15) is 0 Å². The second kappa shape index (κ2) is 7.09. The summed E-state index contributed by atoms with van der Waals surface area (Å²) in [7, 11) is 0. The van der Waals surface area contributed by atoms with Gasteiger partial charge in [0.25, 0.3) is 0 Å². The maximum atomic E-state index is 4.76. The van der Waals surface area contributed by atoms with Gasteiger partial charge in [-0.15, -0.1) is 0 Å². The molecule has 9 heavy (non-hydrogen) atoms.